The lowest BCUT2D eigenvalue weighted by molar-refractivity contribution is -0.00850. The van der Waals surface area contributed by atoms with E-state index in [1.807, 2.05) is 0 Å². The number of hydrogen-bond donors (Lipinski definition) is 1. The Bertz CT molecular complexity index is 384. The molecule has 1 N–H and O–H groups in total. The highest BCUT2D eigenvalue weighted by atomic mass is 19.1. The topological polar surface area (TPSA) is 12.0 Å². The van der Waals surface area contributed by atoms with Crippen LogP contribution in [0.15, 0.2) is 0 Å². The fourth-order valence-corrected chi connectivity index (χ4v) is 6.10. The van der Waals surface area contributed by atoms with Crippen molar-refractivity contribution < 1.29 is 4.39 Å². The highest BCUT2D eigenvalue weighted by Crippen LogP contribution is 2.54. The zero-order valence-corrected chi connectivity index (χ0v) is 15.1. The standard InChI is InChI=1S/C20H36FN/c1-5-15-9-13(2)10-16(21)11-17(15)19-18(12-22-19)20(4)8-6-7-14(20)3/h13-19,22H,5-12H2,1-4H3. The van der Waals surface area contributed by atoms with Gasteiger partial charge in [-0.3, -0.25) is 0 Å². The third kappa shape index (κ3) is 2.85. The van der Waals surface area contributed by atoms with E-state index in [0.29, 0.717) is 23.3 Å². The van der Waals surface area contributed by atoms with Gasteiger partial charge in [0.2, 0.25) is 0 Å². The lowest BCUT2D eigenvalue weighted by Crippen LogP contribution is -2.64. The first-order valence-corrected chi connectivity index (χ1v) is 9.83. The molecule has 0 spiro atoms. The summed E-state index contributed by atoms with van der Waals surface area (Å²) in [7, 11) is 0. The Hall–Kier alpha value is -0.110. The normalized spacial score (nSPS) is 53.0. The molecule has 0 aromatic rings. The average molecular weight is 310 g/mol. The Balaban J connectivity index is 1.76. The molecule has 3 rings (SSSR count). The third-order valence-electron chi connectivity index (χ3n) is 7.81. The molecule has 1 nitrogen and oxygen atoms in total. The zero-order valence-electron chi connectivity index (χ0n) is 15.1. The molecule has 2 aliphatic carbocycles. The molecule has 128 valence electrons. The van der Waals surface area contributed by atoms with E-state index in [0.717, 1.165) is 30.6 Å². The Morgan fingerprint density at radius 1 is 1.18 bits per heavy atom. The van der Waals surface area contributed by atoms with Crippen LogP contribution in [0, 0.1) is 35.0 Å². The van der Waals surface area contributed by atoms with Crippen molar-refractivity contribution in [3.8, 4) is 0 Å². The largest absolute Gasteiger partial charge is 0.313 e. The third-order valence-corrected chi connectivity index (χ3v) is 7.81. The Labute approximate surface area is 136 Å². The molecule has 0 aromatic carbocycles. The molecule has 0 aromatic heterocycles. The zero-order chi connectivity index (χ0) is 15.9. The number of rotatable bonds is 3. The van der Waals surface area contributed by atoms with Crippen LogP contribution in [0.25, 0.3) is 0 Å². The summed E-state index contributed by atoms with van der Waals surface area (Å²) in [5.41, 5.74) is 0.498. The van der Waals surface area contributed by atoms with E-state index in [1.165, 1.54) is 38.6 Å². The van der Waals surface area contributed by atoms with Gasteiger partial charge in [0.1, 0.15) is 6.17 Å². The maximum absolute atomic E-state index is 14.4. The predicted octanol–water partition coefficient (Wildman–Crippen LogP) is 5.20. The van der Waals surface area contributed by atoms with Crippen LogP contribution in [-0.2, 0) is 0 Å². The van der Waals surface area contributed by atoms with Gasteiger partial charge in [-0.2, -0.15) is 0 Å². The molecule has 3 fully saturated rings. The van der Waals surface area contributed by atoms with Crippen LogP contribution in [0.1, 0.15) is 72.6 Å². The van der Waals surface area contributed by atoms with E-state index >= 15 is 0 Å². The molecule has 1 aliphatic heterocycles. The number of hydrogen-bond acceptors (Lipinski definition) is 1. The van der Waals surface area contributed by atoms with Crippen LogP contribution in [0.2, 0.25) is 0 Å². The second kappa shape index (κ2) is 6.42. The molecular formula is C20H36FN. The summed E-state index contributed by atoms with van der Waals surface area (Å²) in [5.74, 6) is 3.46. The molecule has 0 amide bonds. The molecule has 1 saturated heterocycles. The van der Waals surface area contributed by atoms with E-state index in [-0.39, 0.29) is 0 Å². The maximum Gasteiger partial charge on any atom is 0.101 e. The van der Waals surface area contributed by atoms with Gasteiger partial charge in [-0.05, 0) is 60.7 Å². The fraction of sp³-hybridized carbons (Fsp3) is 1.00. The first-order chi connectivity index (χ1) is 10.5. The molecule has 22 heavy (non-hydrogen) atoms. The second-order valence-corrected chi connectivity index (χ2v) is 9.08. The average Bonchev–Trinajstić information content (AvgIpc) is 2.65. The van der Waals surface area contributed by atoms with Crippen LogP contribution in [0.4, 0.5) is 4.39 Å². The molecule has 0 radical (unpaired) electrons. The number of nitrogens with one attached hydrogen (secondary N) is 1. The van der Waals surface area contributed by atoms with Gasteiger partial charge in [0.15, 0.2) is 0 Å². The summed E-state index contributed by atoms with van der Waals surface area (Å²) in [5, 5.41) is 3.75. The lowest BCUT2D eigenvalue weighted by Gasteiger charge is -2.54. The summed E-state index contributed by atoms with van der Waals surface area (Å²) >= 11 is 0. The van der Waals surface area contributed by atoms with Crippen molar-refractivity contribution in [3.63, 3.8) is 0 Å². The van der Waals surface area contributed by atoms with Gasteiger partial charge in [-0.15, -0.1) is 0 Å². The van der Waals surface area contributed by atoms with Gasteiger partial charge >= 0.3 is 0 Å². The SMILES string of the molecule is CCC1CC(C)CC(F)CC1C1NCC1C1(C)CCCC1C. The van der Waals surface area contributed by atoms with E-state index in [1.54, 1.807) is 0 Å². The Morgan fingerprint density at radius 3 is 2.50 bits per heavy atom. The van der Waals surface area contributed by atoms with Gasteiger partial charge in [-0.25, -0.2) is 4.39 Å². The van der Waals surface area contributed by atoms with Crippen molar-refractivity contribution in [1.82, 2.24) is 5.32 Å². The van der Waals surface area contributed by atoms with Crippen LogP contribution in [-0.4, -0.2) is 18.8 Å². The van der Waals surface area contributed by atoms with Crippen molar-refractivity contribution in [3.05, 3.63) is 0 Å². The minimum atomic E-state index is -0.576. The number of halogens is 1. The van der Waals surface area contributed by atoms with Crippen LogP contribution in [0.3, 0.4) is 0 Å². The molecule has 0 bridgehead atoms. The van der Waals surface area contributed by atoms with Crippen molar-refractivity contribution in [1.29, 1.82) is 0 Å². The van der Waals surface area contributed by atoms with Crippen molar-refractivity contribution in [2.75, 3.05) is 6.54 Å². The monoisotopic (exact) mass is 309 g/mol. The smallest absolute Gasteiger partial charge is 0.101 e. The summed E-state index contributed by atoms with van der Waals surface area (Å²) in [6, 6.07) is 0.582. The molecular weight excluding hydrogens is 273 g/mol. The van der Waals surface area contributed by atoms with Gasteiger partial charge in [0.25, 0.3) is 0 Å². The fourth-order valence-electron chi connectivity index (χ4n) is 6.10. The highest BCUT2D eigenvalue weighted by Gasteiger charge is 2.52. The van der Waals surface area contributed by atoms with Crippen LogP contribution >= 0.6 is 0 Å². The molecule has 2 saturated carbocycles. The van der Waals surface area contributed by atoms with Crippen molar-refractivity contribution in [2.45, 2.75) is 84.9 Å². The van der Waals surface area contributed by atoms with Crippen molar-refractivity contribution in [2.24, 2.45) is 35.0 Å². The molecule has 8 atom stereocenters. The van der Waals surface area contributed by atoms with Crippen LogP contribution in [0.5, 0.6) is 0 Å². The predicted molar refractivity (Wildman–Crippen MR) is 91.6 cm³/mol. The van der Waals surface area contributed by atoms with Crippen LogP contribution < -0.4 is 5.32 Å². The molecule has 2 heteroatoms. The first-order valence-electron chi connectivity index (χ1n) is 9.83. The lowest BCUT2D eigenvalue weighted by atomic mass is 9.59. The maximum atomic E-state index is 14.4. The summed E-state index contributed by atoms with van der Waals surface area (Å²) in [6.45, 7) is 10.7. The Kier molecular flexibility index (Phi) is 4.88. The number of alkyl halides is 1. The van der Waals surface area contributed by atoms with E-state index in [4.69, 9.17) is 0 Å². The summed E-state index contributed by atoms with van der Waals surface area (Å²) in [6.07, 6.45) is 7.65. The minimum absolute atomic E-state index is 0.498. The van der Waals surface area contributed by atoms with Gasteiger partial charge < -0.3 is 5.32 Å². The van der Waals surface area contributed by atoms with Gasteiger partial charge in [0.05, 0.1) is 0 Å². The summed E-state index contributed by atoms with van der Waals surface area (Å²) in [4.78, 5) is 0. The van der Waals surface area contributed by atoms with Gasteiger partial charge in [0, 0.05) is 12.6 Å². The molecule has 1 heterocycles. The Morgan fingerprint density at radius 2 is 1.95 bits per heavy atom. The highest BCUT2D eigenvalue weighted by molar-refractivity contribution is 5.06. The molecule has 8 unspecified atom stereocenters. The van der Waals surface area contributed by atoms with E-state index in [9.17, 15) is 4.39 Å². The molecule has 3 aliphatic rings. The quantitative estimate of drug-likeness (QED) is 0.706. The van der Waals surface area contributed by atoms with Gasteiger partial charge in [-0.1, -0.05) is 47.0 Å². The first kappa shape index (κ1) is 16.7. The summed E-state index contributed by atoms with van der Waals surface area (Å²) < 4.78 is 14.4. The minimum Gasteiger partial charge on any atom is -0.313 e. The van der Waals surface area contributed by atoms with Crippen molar-refractivity contribution >= 4 is 0 Å². The second-order valence-electron chi connectivity index (χ2n) is 9.08. The van der Waals surface area contributed by atoms with E-state index < -0.39 is 6.17 Å². The van der Waals surface area contributed by atoms with E-state index in [2.05, 4.69) is 33.0 Å².